The molecule has 1 aromatic rings. The molecule has 2 rings (SSSR count). The van der Waals surface area contributed by atoms with E-state index in [-0.39, 0.29) is 5.91 Å². The number of hydrogen-bond donors (Lipinski definition) is 2. The fourth-order valence-electron chi connectivity index (χ4n) is 2.54. The summed E-state index contributed by atoms with van der Waals surface area (Å²) in [6.45, 7) is 6.18. The number of likely N-dealkylation sites (tertiary alicyclic amines) is 1. The Kier molecular flexibility index (Phi) is 5.35. The molecular weight excluding hydrogens is 252 g/mol. The normalized spacial score (nSPS) is 15.4. The first-order chi connectivity index (χ1) is 9.69. The summed E-state index contributed by atoms with van der Waals surface area (Å²) in [5.41, 5.74) is 7.17. The number of carbonyl (C=O) groups is 1. The van der Waals surface area contributed by atoms with E-state index in [1.54, 1.807) is 6.07 Å². The van der Waals surface area contributed by atoms with Gasteiger partial charge in [-0.2, -0.15) is 0 Å². The van der Waals surface area contributed by atoms with E-state index < -0.39 is 0 Å². The standard InChI is InChI=1S/C15H24N4O/c1-2-13-10-12(11-14(16)18-13)15(20)17-6-5-9-19-7-3-4-8-19/h10-11H,2-9H2,1H3,(H2,16,18)(H,17,20). The molecule has 5 nitrogen and oxygen atoms in total. The Hall–Kier alpha value is -1.62. The lowest BCUT2D eigenvalue weighted by Gasteiger charge is -2.14. The van der Waals surface area contributed by atoms with Crippen molar-refractivity contribution in [2.45, 2.75) is 32.6 Å². The number of nitrogens with two attached hydrogens (primary N) is 1. The molecular formula is C15H24N4O. The Balaban J connectivity index is 1.77. The number of nitrogens with zero attached hydrogens (tertiary/aromatic N) is 2. The van der Waals surface area contributed by atoms with Gasteiger partial charge in [-0.3, -0.25) is 4.79 Å². The van der Waals surface area contributed by atoms with Crippen molar-refractivity contribution in [1.82, 2.24) is 15.2 Å². The molecule has 1 aliphatic heterocycles. The van der Waals surface area contributed by atoms with Gasteiger partial charge in [0.15, 0.2) is 0 Å². The quantitative estimate of drug-likeness (QED) is 0.771. The van der Waals surface area contributed by atoms with Crippen LogP contribution in [0.5, 0.6) is 0 Å². The second-order valence-corrected chi connectivity index (χ2v) is 5.28. The second-order valence-electron chi connectivity index (χ2n) is 5.28. The topological polar surface area (TPSA) is 71.2 Å². The van der Waals surface area contributed by atoms with Crippen LogP contribution in [0.4, 0.5) is 5.82 Å². The van der Waals surface area contributed by atoms with Crippen LogP contribution in [0.25, 0.3) is 0 Å². The third kappa shape index (κ3) is 4.20. The monoisotopic (exact) mass is 276 g/mol. The fourth-order valence-corrected chi connectivity index (χ4v) is 2.54. The van der Waals surface area contributed by atoms with Crippen molar-refractivity contribution in [3.8, 4) is 0 Å². The summed E-state index contributed by atoms with van der Waals surface area (Å²) in [4.78, 5) is 18.7. The summed E-state index contributed by atoms with van der Waals surface area (Å²) in [5.74, 6) is 0.349. The molecule has 0 saturated carbocycles. The smallest absolute Gasteiger partial charge is 0.251 e. The van der Waals surface area contributed by atoms with Crippen molar-refractivity contribution in [3.05, 3.63) is 23.4 Å². The van der Waals surface area contributed by atoms with Gasteiger partial charge in [-0.05, 0) is 57.5 Å². The molecule has 1 amide bonds. The van der Waals surface area contributed by atoms with E-state index in [9.17, 15) is 4.79 Å². The number of aromatic nitrogens is 1. The van der Waals surface area contributed by atoms with Crippen LogP contribution < -0.4 is 11.1 Å². The summed E-state index contributed by atoms with van der Waals surface area (Å²) in [6.07, 6.45) is 4.39. The molecule has 0 aromatic carbocycles. The van der Waals surface area contributed by atoms with Crippen LogP contribution in [-0.2, 0) is 6.42 Å². The van der Waals surface area contributed by atoms with Crippen LogP contribution in [0, 0.1) is 0 Å². The summed E-state index contributed by atoms with van der Waals surface area (Å²) in [7, 11) is 0. The van der Waals surface area contributed by atoms with E-state index in [1.165, 1.54) is 25.9 Å². The van der Waals surface area contributed by atoms with Gasteiger partial charge in [-0.1, -0.05) is 6.92 Å². The first-order valence-corrected chi connectivity index (χ1v) is 7.46. The van der Waals surface area contributed by atoms with Crippen molar-refractivity contribution < 1.29 is 4.79 Å². The number of nitrogen functional groups attached to an aromatic ring is 1. The second kappa shape index (κ2) is 7.24. The van der Waals surface area contributed by atoms with Gasteiger partial charge in [0, 0.05) is 17.8 Å². The number of nitrogens with one attached hydrogen (secondary N) is 1. The predicted octanol–water partition coefficient (Wildman–Crippen LogP) is 1.44. The van der Waals surface area contributed by atoms with E-state index in [2.05, 4.69) is 15.2 Å². The molecule has 5 heteroatoms. The predicted molar refractivity (Wildman–Crippen MR) is 80.7 cm³/mol. The zero-order valence-corrected chi connectivity index (χ0v) is 12.2. The minimum Gasteiger partial charge on any atom is -0.384 e. The Morgan fingerprint density at radius 3 is 2.85 bits per heavy atom. The van der Waals surface area contributed by atoms with Crippen molar-refractivity contribution in [3.63, 3.8) is 0 Å². The maximum atomic E-state index is 12.1. The highest BCUT2D eigenvalue weighted by Crippen LogP contribution is 2.09. The van der Waals surface area contributed by atoms with Gasteiger partial charge < -0.3 is 16.0 Å². The van der Waals surface area contributed by atoms with Crippen LogP contribution >= 0.6 is 0 Å². The number of aryl methyl sites for hydroxylation is 1. The van der Waals surface area contributed by atoms with Gasteiger partial charge >= 0.3 is 0 Å². The Labute approximate surface area is 120 Å². The first kappa shape index (κ1) is 14.8. The SMILES string of the molecule is CCc1cc(C(=O)NCCCN2CCCC2)cc(N)n1. The Bertz CT molecular complexity index is 455. The largest absolute Gasteiger partial charge is 0.384 e. The lowest BCUT2D eigenvalue weighted by molar-refractivity contribution is 0.0952. The van der Waals surface area contributed by atoms with Gasteiger partial charge in [0.1, 0.15) is 5.82 Å². The van der Waals surface area contributed by atoms with E-state index in [1.807, 2.05) is 13.0 Å². The number of anilines is 1. The van der Waals surface area contributed by atoms with E-state index in [0.29, 0.717) is 17.9 Å². The minimum absolute atomic E-state index is 0.0600. The molecule has 0 spiro atoms. The average molecular weight is 276 g/mol. The highest BCUT2D eigenvalue weighted by atomic mass is 16.1. The molecule has 0 atom stereocenters. The summed E-state index contributed by atoms with van der Waals surface area (Å²) >= 11 is 0. The van der Waals surface area contributed by atoms with Gasteiger partial charge in [0.05, 0.1) is 0 Å². The van der Waals surface area contributed by atoms with Gasteiger partial charge in [0.2, 0.25) is 0 Å². The van der Waals surface area contributed by atoms with Crippen molar-refractivity contribution in [2.24, 2.45) is 0 Å². The minimum atomic E-state index is -0.0600. The molecule has 0 bridgehead atoms. The number of amides is 1. The van der Waals surface area contributed by atoms with Crippen LogP contribution in [0.1, 0.15) is 42.2 Å². The van der Waals surface area contributed by atoms with Crippen molar-refractivity contribution in [1.29, 1.82) is 0 Å². The maximum absolute atomic E-state index is 12.1. The molecule has 110 valence electrons. The van der Waals surface area contributed by atoms with Crippen LogP contribution in [-0.4, -0.2) is 42.0 Å². The van der Waals surface area contributed by atoms with Crippen LogP contribution in [0.15, 0.2) is 12.1 Å². The molecule has 1 aromatic heterocycles. The number of pyridine rings is 1. The molecule has 0 radical (unpaired) electrons. The highest BCUT2D eigenvalue weighted by molar-refractivity contribution is 5.94. The fraction of sp³-hybridized carbons (Fsp3) is 0.600. The first-order valence-electron chi connectivity index (χ1n) is 7.46. The number of hydrogen-bond acceptors (Lipinski definition) is 4. The Morgan fingerprint density at radius 2 is 2.15 bits per heavy atom. The third-order valence-corrected chi connectivity index (χ3v) is 3.66. The molecule has 1 aliphatic rings. The van der Waals surface area contributed by atoms with Gasteiger partial charge in [-0.15, -0.1) is 0 Å². The van der Waals surface area contributed by atoms with E-state index >= 15 is 0 Å². The van der Waals surface area contributed by atoms with Crippen LogP contribution in [0.2, 0.25) is 0 Å². The molecule has 1 saturated heterocycles. The third-order valence-electron chi connectivity index (χ3n) is 3.66. The van der Waals surface area contributed by atoms with Crippen LogP contribution in [0.3, 0.4) is 0 Å². The van der Waals surface area contributed by atoms with Crippen molar-refractivity contribution >= 4 is 11.7 Å². The zero-order chi connectivity index (χ0) is 14.4. The molecule has 2 heterocycles. The number of carbonyl (C=O) groups excluding carboxylic acids is 1. The summed E-state index contributed by atoms with van der Waals surface area (Å²) in [5, 5.41) is 2.95. The average Bonchev–Trinajstić information content (AvgIpc) is 2.95. The highest BCUT2D eigenvalue weighted by Gasteiger charge is 2.11. The summed E-state index contributed by atoms with van der Waals surface area (Å²) < 4.78 is 0. The zero-order valence-electron chi connectivity index (χ0n) is 12.2. The van der Waals surface area contributed by atoms with E-state index in [0.717, 1.165) is 25.1 Å². The Morgan fingerprint density at radius 1 is 1.40 bits per heavy atom. The lowest BCUT2D eigenvalue weighted by atomic mass is 10.2. The summed E-state index contributed by atoms with van der Waals surface area (Å²) in [6, 6.07) is 3.45. The lowest BCUT2D eigenvalue weighted by Crippen LogP contribution is -2.28. The van der Waals surface area contributed by atoms with Gasteiger partial charge in [0.25, 0.3) is 5.91 Å². The molecule has 20 heavy (non-hydrogen) atoms. The molecule has 1 fully saturated rings. The van der Waals surface area contributed by atoms with Gasteiger partial charge in [-0.25, -0.2) is 4.98 Å². The maximum Gasteiger partial charge on any atom is 0.251 e. The number of rotatable bonds is 6. The molecule has 0 aliphatic carbocycles. The van der Waals surface area contributed by atoms with E-state index in [4.69, 9.17) is 5.73 Å². The molecule has 0 unspecified atom stereocenters. The molecule has 3 N–H and O–H groups in total. The van der Waals surface area contributed by atoms with Crippen molar-refractivity contribution in [2.75, 3.05) is 31.9 Å².